The van der Waals surface area contributed by atoms with Gasteiger partial charge in [-0.3, -0.25) is 4.90 Å². The van der Waals surface area contributed by atoms with Crippen LogP contribution in [0.4, 0.5) is 28.8 Å². The van der Waals surface area contributed by atoms with Crippen LogP contribution in [0.5, 0.6) is 5.75 Å². The summed E-state index contributed by atoms with van der Waals surface area (Å²) < 4.78 is 10.7. The van der Waals surface area contributed by atoms with E-state index in [1.54, 1.807) is 19.2 Å². The number of hydrogen-bond donors (Lipinski definition) is 3. The molecule has 4 aromatic rings. The molecular weight excluding hydrogens is 532 g/mol. The number of hydrogen-bond acceptors (Lipinski definition) is 10. The number of methoxy groups -OCH3 is 2. The molecule has 11 heteroatoms. The van der Waals surface area contributed by atoms with Crippen LogP contribution in [-0.4, -0.2) is 97.3 Å². The number of benzene rings is 2. The molecule has 220 valence electrons. The summed E-state index contributed by atoms with van der Waals surface area (Å²) in [5.41, 5.74) is 4.37. The maximum absolute atomic E-state index is 12.3. The first-order valence-electron chi connectivity index (χ1n) is 14.4. The molecule has 0 aliphatic carbocycles. The molecule has 42 heavy (non-hydrogen) atoms. The molecule has 11 nitrogen and oxygen atoms in total. The minimum atomic E-state index is -0.429. The fourth-order valence-electron chi connectivity index (χ4n) is 5.88. The number of aromatic amines is 1. The molecule has 2 aromatic heterocycles. The number of H-pyrrole nitrogens is 1. The number of carbonyl (C=O) groups excluding carboxylic acids is 1. The minimum Gasteiger partial charge on any atom is -0.494 e. The molecule has 0 atom stereocenters. The number of fused-ring (bicyclic) bond motifs is 1. The molecule has 0 amide bonds. The normalized spacial score (nSPS) is 16.9. The van der Waals surface area contributed by atoms with Gasteiger partial charge in [-0.25, -0.2) is 9.78 Å². The minimum absolute atomic E-state index is 0.402. The summed E-state index contributed by atoms with van der Waals surface area (Å²) in [7, 11) is 5.25. The SMILES string of the molecule is COC(=O)c1ccccc1Nc1nc(Nc2ccc(N3CCC(N4CCN(C)CC4)CC3)cc2OC)nc2cc[nH]c12. The number of piperazine rings is 1. The number of nitrogens with zero attached hydrogens (tertiary/aromatic N) is 5. The number of ether oxygens (including phenoxy) is 2. The molecule has 3 N–H and O–H groups in total. The second-order valence-electron chi connectivity index (χ2n) is 10.9. The van der Waals surface area contributed by atoms with Crippen LogP contribution in [0.3, 0.4) is 0 Å². The van der Waals surface area contributed by atoms with E-state index in [9.17, 15) is 4.79 Å². The van der Waals surface area contributed by atoms with Crippen molar-refractivity contribution in [3.8, 4) is 5.75 Å². The summed E-state index contributed by atoms with van der Waals surface area (Å²) in [6, 6.07) is 15.9. The fourth-order valence-corrected chi connectivity index (χ4v) is 5.88. The summed E-state index contributed by atoms with van der Waals surface area (Å²) in [4.78, 5) is 32.5. The molecule has 2 aromatic carbocycles. The lowest BCUT2D eigenvalue weighted by Crippen LogP contribution is -2.52. The predicted molar refractivity (Wildman–Crippen MR) is 166 cm³/mol. The standard InChI is InChI=1S/C31H38N8O3/c1-37-16-18-39(19-17-37)21-11-14-38(15-12-21)22-8-9-25(27(20-22)41-2)34-31-35-26-10-13-32-28(26)29(36-31)33-24-7-5-4-6-23(24)30(40)42-3/h4-10,13,20-21,32H,11-12,14-19H2,1-3H3,(H2,33,34,35,36). The van der Waals surface area contributed by atoms with E-state index in [0.29, 0.717) is 29.1 Å². The Bertz CT molecular complexity index is 1540. The highest BCUT2D eigenvalue weighted by Crippen LogP contribution is 2.34. The second-order valence-corrected chi connectivity index (χ2v) is 10.9. The van der Waals surface area contributed by atoms with Crippen LogP contribution in [0, 0.1) is 0 Å². The quantitative estimate of drug-likeness (QED) is 0.263. The molecular formula is C31H38N8O3. The van der Waals surface area contributed by atoms with Crippen molar-refractivity contribution in [2.45, 2.75) is 18.9 Å². The number of rotatable bonds is 8. The number of aromatic nitrogens is 3. The molecule has 0 unspecified atom stereocenters. The van der Waals surface area contributed by atoms with Crippen LogP contribution >= 0.6 is 0 Å². The Morgan fingerprint density at radius 2 is 1.71 bits per heavy atom. The topological polar surface area (TPSA) is 111 Å². The highest BCUT2D eigenvalue weighted by Gasteiger charge is 2.27. The predicted octanol–water partition coefficient (Wildman–Crippen LogP) is 4.46. The van der Waals surface area contributed by atoms with E-state index in [1.807, 2.05) is 30.5 Å². The van der Waals surface area contributed by atoms with Crippen LogP contribution in [0.15, 0.2) is 54.7 Å². The van der Waals surface area contributed by atoms with Crippen LogP contribution in [-0.2, 0) is 4.74 Å². The van der Waals surface area contributed by atoms with E-state index in [1.165, 1.54) is 33.0 Å². The first kappa shape index (κ1) is 27.8. The Morgan fingerprint density at radius 1 is 0.929 bits per heavy atom. The third-order valence-corrected chi connectivity index (χ3v) is 8.31. The van der Waals surface area contributed by atoms with Gasteiger partial charge in [-0.2, -0.15) is 4.98 Å². The lowest BCUT2D eigenvalue weighted by Gasteiger charge is -2.42. The van der Waals surface area contributed by atoms with Gasteiger partial charge in [-0.15, -0.1) is 0 Å². The average molecular weight is 571 g/mol. The van der Waals surface area contributed by atoms with E-state index in [4.69, 9.17) is 19.4 Å². The molecule has 6 rings (SSSR count). The lowest BCUT2D eigenvalue weighted by atomic mass is 10.0. The average Bonchev–Trinajstić information content (AvgIpc) is 3.51. The number of anilines is 5. The van der Waals surface area contributed by atoms with E-state index in [-0.39, 0.29) is 0 Å². The summed E-state index contributed by atoms with van der Waals surface area (Å²) in [5, 5.41) is 6.63. The zero-order valence-electron chi connectivity index (χ0n) is 24.4. The number of esters is 1. The number of carbonyl (C=O) groups is 1. The number of piperidine rings is 1. The summed E-state index contributed by atoms with van der Waals surface area (Å²) in [6.07, 6.45) is 4.15. The van der Waals surface area contributed by atoms with E-state index in [2.05, 4.69) is 49.5 Å². The summed E-state index contributed by atoms with van der Waals surface area (Å²) in [5.74, 6) is 1.22. The van der Waals surface area contributed by atoms with Gasteiger partial charge >= 0.3 is 5.97 Å². The molecule has 0 spiro atoms. The van der Waals surface area contributed by atoms with E-state index < -0.39 is 5.97 Å². The molecule has 4 heterocycles. The van der Waals surface area contributed by atoms with Crippen molar-refractivity contribution >= 4 is 45.8 Å². The number of nitrogens with one attached hydrogen (secondary N) is 3. The molecule has 2 aliphatic heterocycles. The Kier molecular flexibility index (Phi) is 8.11. The van der Waals surface area contributed by atoms with Gasteiger partial charge in [-0.05, 0) is 50.2 Å². The molecule has 2 fully saturated rings. The van der Waals surface area contributed by atoms with Crippen LogP contribution < -0.4 is 20.3 Å². The highest BCUT2D eigenvalue weighted by molar-refractivity contribution is 5.98. The third-order valence-electron chi connectivity index (χ3n) is 8.31. The van der Waals surface area contributed by atoms with Crippen molar-refractivity contribution in [1.29, 1.82) is 0 Å². The van der Waals surface area contributed by atoms with Crippen LogP contribution in [0.25, 0.3) is 11.0 Å². The maximum atomic E-state index is 12.3. The molecule has 2 saturated heterocycles. The fraction of sp³-hybridized carbons (Fsp3) is 0.387. The monoisotopic (exact) mass is 570 g/mol. The van der Waals surface area contributed by atoms with Gasteiger partial charge in [0.2, 0.25) is 5.95 Å². The van der Waals surface area contributed by atoms with Gasteiger partial charge < -0.3 is 34.9 Å². The first-order valence-corrected chi connectivity index (χ1v) is 14.4. The maximum Gasteiger partial charge on any atom is 0.339 e. The largest absolute Gasteiger partial charge is 0.494 e. The van der Waals surface area contributed by atoms with Crippen molar-refractivity contribution in [1.82, 2.24) is 24.8 Å². The van der Waals surface area contributed by atoms with Gasteiger partial charge in [0.15, 0.2) is 5.82 Å². The molecule has 0 radical (unpaired) electrons. The second kappa shape index (κ2) is 12.3. The zero-order chi connectivity index (χ0) is 29.1. The Labute approximate surface area is 245 Å². The van der Waals surface area contributed by atoms with E-state index >= 15 is 0 Å². The highest BCUT2D eigenvalue weighted by atomic mass is 16.5. The van der Waals surface area contributed by atoms with Gasteiger partial charge in [0.1, 0.15) is 11.3 Å². The lowest BCUT2D eigenvalue weighted by molar-refractivity contribution is 0.0602. The van der Waals surface area contributed by atoms with Crippen molar-refractivity contribution in [2.75, 3.05) is 76.1 Å². The van der Waals surface area contributed by atoms with Crippen molar-refractivity contribution in [3.05, 3.63) is 60.3 Å². The smallest absolute Gasteiger partial charge is 0.339 e. The molecule has 2 aliphatic rings. The van der Waals surface area contributed by atoms with Crippen molar-refractivity contribution < 1.29 is 14.3 Å². The molecule has 0 saturated carbocycles. The number of likely N-dealkylation sites (N-methyl/N-ethyl adjacent to an activating group) is 1. The molecule has 0 bridgehead atoms. The van der Waals surface area contributed by atoms with Crippen LogP contribution in [0.1, 0.15) is 23.2 Å². The van der Waals surface area contributed by atoms with Gasteiger partial charge in [-0.1, -0.05) is 12.1 Å². The Hall–Kier alpha value is -4.35. The van der Waals surface area contributed by atoms with Crippen LogP contribution in [0.2, 0.25) is 0 Å². The van der Waals surface area contributed by atoms with Gasteiger partial charge in [0.05, 0.1) is 36.7 Å². The van der Waals surface area contributed by atoms with Gasteiger partial charge in [0, 0.05) is 63.3 Å². The Morgan fingerprint density at radius 3 is 2.48 bits per heavy atom. The third kappa shape index (κ3) is 5.83. The summed E-state index contributed by atoms with van der Waals surface area (Å²) in [6.45, 7) is 6.71. The Balaban J connectivity index is 1.19. The zero-order valence-corrected chi connectivity index (χ0v) is 24.4. The van der Waals surface area contributed by atoms with E-state index in [0.717, 1.165) is 54.3 Å². The van der Waals surface area contributed by atoms with Crippen molar-refractivity contribution in [3.63, 3.8) is 0 Å². The van der Waals surface area contributed by atoms with Gasteiger partial charge in [0.25, 0.3) is 0 Å². The van der Waals surface area contributed by atoms with Crippen molar-refractivity contribution in [2.24, 2.45) is 0 Å². The first-order chi connectivity index (χ1) is 20.5. The number of para-hydroxylation sites is 1. The summed E-state index contributed by atoms with van der Waals surface area (Å²) >= 11 is 0.